The molecule has 2 aromatic heterocycles. The van der Waals surface area contributed by atoms with Gasteiger partial charge in [0.15, 0.2) is 0 Å². The highest BCUT2D eigenvalue weighted by molar-refractivity contribution is 7.89. The smallest absolute Gasteiger partial charge is 0.309 e. The van der Waals surface area contributed by atoms with Crippen molar-refractivity contribution in [1.29, 1.82) is 0 Å². The van der Waals surface area contributed by atoms with Crippen LogP contribution < -0.4 is 5.32 Å². The second-order valence-electron chi connectivity index (χ2n) is 6.59. The summed E-state index contributed by atoms with van der Waals surface area (Å²) < 4.78 is 32.1. The molecule has 1 saturated heterocycles. The number of hydrogen-bond acceptors (Lipinski definition) is 7. The van der Waals surface area contributed by atoms with Crippen molar-refractivity contribution < 1.29 is 17.6 Å². The lowest BCUT2D eigenvalue weighted by Crippen LogP contribution is -2.27. The highest BCUT2D eigenvalue weighted by atomic mass is 32.2. The summed E-state index contributed by atoms with van der Waals surface area (Å²) in [6, 6.07) is 9.82. The van der Waals surface area contributed by atoms with E-state index in [1.54, 1.807) is 30.6 Å². The fourth-order valence-electron chi connectivity index (χ4n) is 3.04. The maximum absolute atomic E-state index is 12.6. The molecule has 1 amide bonds. The molecule has 29 heavy (non-hydrogen) atoms. The second-order valence-corrected chi connectivity index (χ2v) is 8.53. The lowest BCUT2D eigenvalue weighted by atomic mass is 10.2. The third-order valence-electron chi connectivity index (χ3n) is 4.60. The molecule has 1 N–H and O–H groups in total. The van der Waals surface area contributed by atoms with E-state index in [9.17, 15) is 13.2 Å². The molecule has 0 atom stereocenters. The Bertz CT molecular complexity index is 1090. The highest BCUT2D eigenvalue weighted by Crippen LogP contribution is 2.24. The van der Waals surface area contributed by atoms with Crippen molar-refractivity contribution in [2.45, 2.75) is 24.3 Å². The van der Waals surface area contributed by atoms with Crippen molar-refractivity contribution in [3.05, 3.63) is 60.2 Å². The minimum atomic E-state index is -3.48. The van der Waals surface area contributed by atoms with Crippen molar-refractivity contribution in [2.24, 2.45) is 0 Å². The predicted octanol–water partition coefficient (Wildman–Crippen LogP) is 1.85. The Morgan fingerprint density at radius 1 is 1.10 bits per heavy atom. The van der Waals surface area contributed by atoms with E-state index in [4.69, 9.17) is 4.42 Å². The van der Waals surface area contributed by atoms with Crippen LogP contribution in [0.4, 0.5) is 0 Å². The van der Waals surface area contributed by atoms with Crippen molar-refractivity contribution in [3.8, 4) is 11.5 Å². The van der Waals surface area contributed by atoms with Crippen molar-refractivity contribution >= 4 is 15.9 Å². The summed E-state index contributed by atoms with van der Waals surface area (Å²) in [5.74, 6) is -0.528. The van der Waals surface area contributed by atoms with Crippen LogP contribution in [-0.2, 0) is 16.6 Å². The number of nitrogens with one attached hydrogen (secondary N) is 1. The summed E-state index contributed by atoms with van der Waals surface area (Å²) in [6.45, 7) is 1.38. The maximum Gasteiger partial charge on any atom is 0.309 e. The minimum Gasteiger partial charge on any atom is -0.412 e. The number of sulfonamides is 1. The summed E-state index contributed by atoms with van der Waals surface area (Å²) in [7, 11) is -3.48. The van der Waals surface area contributed by atoms with E-state index in [1.807, 2.05) is 6.07 Å². The van der Waals surface area contributed by atoms with Gasteiger partial charge in [-0.3, -0.25) is 9.78 Å². The summed E-state index contributed by atoms with van der Waals surface area (Å²) >= 11 is 0. The van der Waals surface area contributed by atoms with Crippen LogP contribution in [0.15, 0.2) is 58.1 Å². The summed E-state index contributed by atoms with van der Waals surface area (Å²) in [4.78, 5) is 16.4. The van der Waals surface area contributed by atoms with Crippen molar-refractivity contribution in [2.75, 3.05) is 13.1 Å². The van der Waals surface area contributed by atoms with Gasteiger partial charge in [-0.15, -0.1) is 10.2 Å². The molecular formula is C19H19N5O4S. The Morgan fingerprint density at radius 2 is 1.86 bits per heavy atom. The molecule has 150 valence electrons. The normalized spacial score (nSPS) is 14.8. The van der Waals surface area contributed by atoms with Crippen LogP contribution >= 0.6 is 0 Å². The summed E-state index contributed by atoms with van der Waals surface area (Å²) in [5, 5.41) is 10.3. The number of pyridine rings is 1. The maximum atomic E-state index is 12.6. The number of carbonyl (C=O) groups is 1. The standard InChI is InChI=1S/C19H19N5O4S/c25-17(21-13-14-4-3-9-20-12-14)19-23-22-18(28-19)15-5-7-16(8-6-15)29(26,27)24-10-1-2-11-24/h3-9,12H,1-2,10-11,13H2,(H,21,25). The number of rotatable bonds is 6. The van der Waals surface area contributed by atoms with E-state index in [0.717, 1.165) is 18.4 Å². The quantitative estimate of drug-likeness (QED) is 0.655. The Labute approximate surface area is 167 Å². The van der Waals surface area contributed by atoms with Crippen LogP contribution in [0.3, 0.4) is 0 Å². The molecule has 0 aliphatic carbocycles. The molecule has 4 rings (SSSR count). The Hall–Kier alpha value is -3.11. The second kappa shape index (κ2) is 8.10. The molecule has 9 nitrogen and oxygen atoms in total. The molecule has 1 fully saturated rings. The van der Waals surface area contributed by atoms with Gasteiger partial charge in [-0.1, -0.05) is 6.07 Å². The molecule has 3 aromatic rings. The van der Waals surface area contributed by atoms with Crippen LogP contribution in [0.5, 0.6) is 0 Å². The topological polar surface area (TPSA) is 118 Å². The lowest BCUT2D eigenvalue weighted by molar-refractivity contribution is 0.0917. The van der Waals surface area contributed by atoms with Gasteiger partial charge in [-0.2, -0.15) is 4.31 Å². The summed E-state index contributed by atoms with van der Waals surface area (Å²) in [5.41, 5.74) is 1.37. The van der Waals surface area contributed by atoms with Gasteiger partial charge in [0, 0.05) is 37.6 Å². The first-order chi connectivity index (χ1) is 14.0. The molecule has 3 heterocycles. The van der Waals surface area contributed by atoms with Gasteiger partial charge in [0.2, 0.25) is 15.9 Å². The molecule has 0 radical (unpaired) electrons. The van der Waals surface area contributed by atoms with E-state index >= 15 is 0 Å². The van der Waals surface area contributed by atoms with Gasteiger partial charge in [-0.25, -0.2) is 8.42 Å². The molecule has 0 spiro atoms. The first kappa shape index (κ1) is 19.2. The molecule has 0 unspecified atom stereocenters. The average Bonchev–Trinajstić information content (AvgIpc) is 3.45. The van der Waals surface area contributed by atoms with Gasteiger partial charge in [0.05, 0.1) is 4.90 Å². The van der Waals surface area contributed by atoms with Crippen molar-refractivity contribution in [3.63, 3.8) is 0 Å². The number of benzene rings is 1. The number of hydrogen-bond donors (Lipinski definition) is 1. The molecule has 1 aromatic carbocycles. The minimum absolute atomic E-state index is 0.140. The SMILES string of the molecule is O=C(NCc1cccnc1)c1nnc(-c2ccc(S(=O)(=O)N3CCCC3)cc2)o1. The van der Waals surface area contributed by atoms with Crippen LogP contribution in [0.2, 0.25) is 0 Å². The first-order valence-electron chi connectivity index (χ1n) is 9.15. The number of aromatic nitrogens is 3. The monoisotopic (exact) mass is 413 g/mol. The molecule has 0 saturated carbocycles. The molecular weight excluding hydrogens is 394 g/mol. The van der Waals surface area contributed by atoms with Crippen LogP contribution in [0, 0.1) is 0 Å². The molecule has 1 aliphatic heterocycles. The highest BCUT2D eigenvalue weighted by Gasteiger charge is 2.27. The predicted molar refractivity (Wildman–Crippen MR) is 103 cm³/mol. The zero-order valence-electron chi connectivity index (χ0n) is 15.5. The van der Waals surface area contributed by atoms with E-state index in [-0.39, 0.29) is 23.2 Å². The third-order valence-corrected chi connectivity index (χ3v) is 6.51. The zero-order chi connectivity index (χ0) is 20.3. The number of nitrogens with zero attached hydrogens (tertiary/aromatic N) is 4. The van der Waals surface area contributed by atoms with Crippen LogP contribution in [0.25, 0.3) is 11.5 Å². The largest absolute Gasteiger partial charge is 0.412 e. The van der Waals surface area contributed by atoms with Gasteiger partial charge >= 0.3 is 11.8 Å². The molecule has 10 heteroatoms. The van der Waals surface area contributed by atoms with E-state index in [2.05, 4.69) is 20.5 Å². The third kappa shape index (κ3) is 4.17. The van der Waals surface area contributed by atoms with Gasteiger partial charge in [-0.05, 0) is 48.7 Å². The molecule has 0 bridgehead atoms. The first-order valence-corrected chi connectivity index (χ1v) is 10.6. The zero-order valence-corrected chi connectivity index (χ0v) is 16.3. The number of amides is 1. The van der Waals surface area contributed by atoms with E-state index in [1.165, 1.54) is 16.4 Å². The average molecular weight is 413 g/mol. The molecule has 1 aliphatic rings. The lowest BCUT2D eigenvalue weighted by Gasteiger charge is -2.15. The summed E-state index contributed by atoms with van der Waals surface area (Å²) in [6.07, 6.45) is 5.06. The van der Waals surface area contributed by atoms with Crippen molar-refractivity contribution in [1.82, 2.24) is 24.8 Å². The Morgan fingerprint density at radius 3 is 2.55 bits per heavy atom. The Balaban J connectivity index is 1.44. The van der Waals surface area contributed by atoms with Gasteiger partial charge in [0.25, 0.3) is 0 Å². The van der Waals surface area contributed by atoms with Gasteiger partial charge < -0.3 is 9.73 Å². The van der Waals surface area contributed by atoms with Crippen LogP contribution in [-0.4, -0.2) is 46.9 Å². The number of carbonyl (C=O) groups excluding carboxylic acids is 1. The fourth-order valence-corrected chi connectivity index (χ4v) is 4.56. The van der Waals surface area contributed by atoms with Crippen LogP contribution in [0.1, 0.15) is 29.1 Å². The van der Waals surface area contributed by atoms with Gasteiger partial charge in [0.1, 0.15) is 0 Å². The van der Waals surface area contributed by atoms with E-state index < -0.39 is 15.9 Å². The van der Waals surface area contributed by atoms with E-state index in [0.29, 0.717) is 18.7 Å². The Kier molecular flexibility index (Phi) is 5.36. The fraction of sp³-hybridized carbons (Fsp3) is 0.263.